The smallest absolute Gasteiger partial charge is 0.250 e. The lowest BCUT2D eigenvalue weighted by molar-refractivity contribution is 0.571. The highest BCUT2D eigenvalue weighted by Crippen LogP contribution is 2.08. The van der Waals surface area contributed by atoms with E-state index in [0.717, 1.165) is 5.56 Å². The molecule has 3 heteroatoms. The zero-order valence-electron chi connectivity index (χ0n) is 8.32. The van der Waals surface area contributed by atoms with Crippen LogP contribution >= 0.6 is 0 Å². The van der Waals surface area contributed by atoms with Gasteiger partial charge in [0.15, 0.2) is 0 Å². The third kappa shape index (κ3) is 2.18. The molecule has 1 aromatic rings. The Morgan fingerprint density at radius 1 is 1.31 bits per heavy atom. The summed E-state index contributed by atoms with van der Waals surface area (Å²) in [4.78, 5) is 11.4. The average Bonchev–Trinajstić information content (AvgIpc) is 2.04. The van der Waals surface area contributed by atoms with E-state index in [-0.39, 0.29) is 17.6 Å². The van der Waals surface area contributed by atoms with Gasteiger partial charge in [0.05, 0.1) is 0 Å². The largest absolute Gasteiger partial charge is 0.324 e. The van der Waals surface area contributed by atoms with Crippen LogP contribution in [0.2, 0.25) is 0 Å². The van der Waals surface area contributed by atoms with Gasteiger partial charge >= 0.3 is 0 Å². The van der Waals surface area contributed by atoms with Crippen molar-refractivity contribution in [1.82, 2.24) is 4.57 Å². The summed E-state index contributed by atoms with van der Waals surface area (Å²) in [5, 5.41) is 0. The van der Waals surface area contributed by atoms with E-state index in [1.54, 1.807) is 16.7 Å². The predicted molar refractivity (Wildman–Crippen MR) is 53.7 cm³/mol. The number of hydrogen-bond acceptors (Lipinski definition) is 2. The molecule has 0 amide bonds. The van der Waals surface area contributed by atoms with Gasteiger partial charge in [-0.2, -0.15) is 0 Å². The van der Waals surface area contributed by atoms with Gasteiger partial charge in [0.1, 0.15) is 0 Å². The molecule has 0 bridgehead atoms. The first-order chi connectivity index (χ1) is 6.02. The Morgan fingerprint density at radius 3 is 2.38 bits per heavy atom. The van der Waals surface area contributed by atoms with Crippen molar-refractivity contribution in [3.63, 3.8) is 0 Å². The molecule has 0 aliphatic carbocycles. The predicted octanol–water partition coefficient (Wildman–Crippen LogP) is 1.45. The first-order valence-electron chi connectivity index (χ1n) is 4.50. The molecule has 13 heavy (non-hydrogen) atoms. The van der Waals surface area contributed by atoms with E-state index in [1.807, 2.05) is 27.0 Å². The van der Waals surface area contributed by atoms with E-state index < -0.39 is 0 Å². The number of aromatic nitrogens is 1. The van der Waals surface area contributed by atoms with Crippen LogP contribution in [0.25, 0.3) is 0 Å². The number of rotatable bonds is 2. The maximum absolute atomic E-state index is 11.4. The van der Waals surface area contributed by atoms with E-state index in [4.69, 9.17) is 5.73 Å². The quantitative estimate of drug-likeness (QED) is 0.748. The summed E-state index contributed by atoms with van der Waals surface area (Å²) >= 11 is 0. The molecule has 3 nitrogen and oxygen atoms in total. The number of hydrogen-bond donors (Lipinski definition) is 1. The lowest BCUT2D eigenvalue weighted by Crippen LogP contribution is -2.22. The van der Waals surface area contributed by atoms with Crippen molar-refractivity contribution in [2.75, 3.05) is 0 Å². The van der Waals surface area contributed by atoms with Gasteiger partial charge in [0.2, 0.25) is 0 Å². The number of nitrogens with two attached hydrogens (primary N) is 1. The molecule has 1 rings (SSSR count). The Balaban J connectivity index is 3.19. The lowest BCUT2D eigenvalue weighted by Gasteiger charge is -2.12. The van der Waals surface area contributed by atoms with Crippen LogP contribution in [-0.4, -0.2) is 4.57 Å². The fourth-order valence-corrected chi connectivity index (χ4v) is 1.19. The topological polar surface area (TPSA) is 48.0 Å². The Hall–Kier alpha value is -1.09. The van der Waals surface area contributed by atoms with Gasteiger partial charge in [-0.15, -0.1) is 0 Å². The molecule has 1 atom stereocenters. The van der Waals surface area contributed by atoms with E-state index in [1.165, 1.54) is 0 Å². The van der Waals surface area contributed by atoms with E-state index >= 15 is 0 Å². The summed E-state index contributed by atoms with van der Waals surface area (Å²) in [6.45, 7) is 5.86. The zero-order valence-corrected chi connectivity index (χ0v) is 8.32. The molecule has 0 radical (unpaired) electrons. The van der Waals surface area contributed by atoms with Gasteiger partial charge in [-0.1, -0.05) is 6.07 Å². The van der Waals surface area contributed by atoms with E-state index in [2.05, 4.69) is 0 Å². The summed E-state index contributed by atoms with van der Waals surface area (Å²) in [5.41, 5.74) is 6.74. The van der Waals surface area contributed by atoms with Crippen LogP contribution < -0.4 is 11.3 Å². The number of pyridine rings is 1. The fourth-order valence-electron chi connectivity index (χ4n) is 1.19. The summed E-state index contributed by atoms with van der Waals surface area (Å²) in [6, 6.07) is 3.52. The fraction of sp³-hybridized carbons (Fsp3) is 0.500. The van der Waals surface area contributed by atoms with Crippen molar-refractivity contribution in [3.8, 4) is 0 Å². The maximum Gasteiger partial charge on any atom is 0.250 e. The van der Waals surface area contributed by atoms with Crippen LogP contribution in [0.3, 0.4) is 0 Å². The summed E-state index contributed by atoms with van der Waals surface area (Å²) in [6.07, 6.45) is 1.83. The minimum Gasteiger partial charge on any atom is -0.324 e. The normalized spacial score (nSPS) is 13.3. The van der Waals surface area contributed by atoms with Crippen molar-refractivity contribution in [2.45, 2.75) is 32.9 Å². The molecule has 0 saturated carbocycles. The summed E-state index contributed by atoms with van der Waals surface area (Å²) in [5.74, 6) is 0. The van der Waals surface area contributed by atoms with Crippen molar-refractivity contribution < 1.29 is 0 Å². The Labute approximate surface area is 78.2 Å². The van der Waals surface area contributed by atoms with Crippen LogP contribution in [0.1, 0.15) is 38.4 Å². The minimum absolute atomic E-state index is 0.0226. The van der Waals surface area contributed by atoms with E-state index in [9.17, 15) is 4.79 Å². The van der Waals surface area contributed by atoms with Gasteiger partial charge in [-0.05, 0) is 26.3 Å². The third-order valence-corrected chi connectivity index (χ3v) is 2.04. The molecular weight excluding hydrogens is 164 g/mol. The monoisotopic (exact) mass is 180 g/mol. The molecule has 1 unspecified atom stereocenters. The van der Waals surface area contributed by atoms with E-state index in [0.29, 0.717) is 0 Å². The molecule has 2 N–H and O–H groups in total. The van der Waals surface area contributed by atoms with Gasteiger partial charge in [0, 0.05) is 24.3 Å². The van der Waals surface area contributed by atoms with Crippen LogP contribution in [0.15, 0.2) is 23.1 Å². The molecule has 72 valence electrons. The molecule has 0 aromatic carbocycles. The van der Waals surface area contributed by atoms with Gasteiger partial charge in [-0.3, -0.25) is 4.79 Å². The lowest BCUT2D eigenvalue weighted by atomic mass is 10.1. The van der Waals surface area contributed by atoms with Crippen LogP contribution in [-0.2, 0) is 0 Å². The van der Waals surface area contributed by atoms with Crippen LogP contribution in [0.4, 0.5) is 0 Å². The first kappa shape index (κ1) is 9.99. The van der Waals surface area contributed by atoms with Crippen molar-refractivity contribution in [3.05, 3.63) is 34.2 Å². The molecule has 1 aromatic heterocycles. The second-order valence-corrected chi connectivity index (χ2v) is 3.59. The summed E-state index contributed by atoms with van der Waals surface area (Å²) in [7, 11) is 0. The Morgan fingerprint density at radius 2 is 1.92 bits per heavy atom. The molecule has 0 saturated heterocycles. The van der Waals surface area contributed by atoms with Gasteiger partial charge < -0.3 is 10.3 Å². The standard InChI is InChI=1S/C10H16N2O/c1-7(2)12-6-9(8(3)11)4-5-10(12)13/h4-8H,11H2,1-3H3. The third-order valence-electron chi connectivity index (χ3n) is 2.04. The second kappa shape index (κ2) is 3.75. The highest BCUT2D eigenvalue weighted by Gasteiger charge is 2.04. The average molecular weight is 180 g/mol. The van der Waals surface area contributed by atoms with Crippen LogP contribution in [0.5, 0.6) is 0 Å². The molecule has 0 fully saturated rings. The Bertz CT molecular complexity index is 339. The Kier molecular flexibility index (Phi) is 2.88. The molecular formula is C10H16N2O. The summed E-state index contributed by atoms with van der Waals surface area (Å²) < 4.78 is 1.69. The molecule has 1 heterocycles. The van der Waals surface area contributed by atoms with Crippen molar-refractivity contribution >= 4 is 0 Å². The first-order valence-corrected chi connectivity index (χ1v) is 4.50. The molecule has 0 aliphatic heterocycles. The van der Waals surface area contributed by atoms with Gasteiger partial charge in [-0.25, -0.2) is 0 Å². The molecule has 0 aliphatic rings. The highest BCUT2D eigenvalue weighted by molar-refractivity contribution is 5.13. The second-order valence-electron chi connectivity index (χ2n) is 3.59. The SMILES string of the molecule is CC(N)c1ccc(=O)n(C(C)C)c1. The minimum atomic E-state index is -0.0226. The van der Waals surface area contributed by atoms with Crippen molar-refractivity contribution in [2.24, 2.45) is 5.73 Å². The maximum atomic E-state index is 11.4. The highest BCUT2D eigenvalue weighted by atomic mass is 16.1. The zero-order chi connectivity index (χ0) is 10.0. The van der Waals surface area contributed by atoms with Crippen LogP contribution in [0, 0.1) is 0 Å². The molecule has 0 spiro atoms. The van der Waals surface area contributed by atoms with Gasteiger partial charge in [0.25, 0.3) is 5.56 Å². The van der Waals surface area contributed by atoms with Crippen molar-refractivity contribution in [1.29, 1.82) is 0 Å². The number of nitrogens with zero attached hydrogens (tertiary/aromatic N) is 1.